The molecule has 0 spiro atoms. The molecular weight excluding hydrogens is 581 g/mol. The van der Waals surface area contributed by atoms with Gasteiger partial charge in [0, 0.05) is 13.1 Å². The number of hydrogen-bond donors (Lipinski definition) is 2. The van der Waals surface area contributed by atoms with Crippen molar-refractivity contribution in [3.8, 4) is 0 Å². The first kappa shape index (κ1) is 36.0. The molecular formula is C33H48N4O4S2. The van der Waals surface area contributed by atoms with Gasteiger partial charge >= 0.3 is 12.2 Å². The molecule has 0 aliphatic heterocycles. The Balaban J connectivity index is 2.03. The molecule has 2 aromatic carbocycles. The summed E-state index contributed by atoms with van der Waals surface area (Å²) >= 11 is 11.2. The maximum Gasteiger partial charge on any atom is 0.416 e. The van der Waals surface area contributed by atoms with E-state index >= 15 is 0 Å². The molecule has 0 heterocycles. The van der Waals surface area contributed by atoms with Crippen LogP contribution in [0.25, 0.3) is 0 Å². The van der Waals surface area contributed by atoms with Gasteiger partial charge in [-0.2, -0.15) is 0 Å². The quantitative estimate of drug-likeness (QED) is 0.163. The van der Waals surface area contributed by atoms with E-state index in [0.717, 1.165) is 36.8 Å². The number of thiocarbonyl (C=S) groups is 2. The summed E-state index contributed by atoms with van der Waals surface area (Å²) in [5.41, 5.74) is 1.84. The molecule has 2 amide bonds. The van der Waals surface area contributed by atoms with Crippen molar-refractivity contribution in [1.82, 2.24) is 20.4 Å². The first-order chi connectivity index (χ1) is 20.4. The second-order valence-electron chi connectivity index (χ2n) is 12.1. The molecule has 0 atom stereocenters. The molecule has 2 rings (SSSR count). The number of nitrogens with one attached hydrogen (secondary N) is 2. The zero-order chi connectivity index (χ0) is 31.9. The van der Waals surface area contributed by atoms with Crippen molar-refractivity contribution in [1.29, 1.82) is 0 Å². The van der Waals surface area contributed by atoms with Crippen molar-refractivity contribution >= 4 is 46.8 Å². The maximum absolute atomic E-state index is 13.1. The number of nitrogens with zero attached hydrogens (tertiary/aromatic N) is 2. The van der Waals surface area contributed by atoms with Gasteiger partial charge in [-0.1, -0.05) is 115 Å². The number of rotatable bonds is 14. The summed E-state index contributed by atoms with van der Waals surface area (Å²) in [7, 11) is 0. The van der Waals surface area contributed by atoms with E-state index in [0.29, 0.717) is 13.1 Å². The van der Waals surface area contributed by atoms with Gasteiger partial charge in [-0.05, 0) is 59.2 Å². The lowest BCUT2D eigenvalue weighted by molar-refractivity contribution is 0.112. The smallest absolute Gasteiger partial charge is 0.416 e. The number of carbonyl (C=O) groups excluding carboxylic acids is 2. The van der Waals surface area contributed by atoms with Gasteiger partial charge in [-0.15, -0.1) is 0 Å². The van der Waals surface area contributed by atoms with Crippen LogP contribution in [-0.4, -0.2) is 52.0 Å². The molecule has 0 radical (unpaired) electrons. The van der Waals surface area contributed by atoms with E-state index in [1.165, 1.54) is 9.80 Å². The Morgan fingerprint density at radius 2 is 1.02 bits per heavy atom. The highest BCUT2D eigenvalue weighted by molar-refractivity contribution is 7.80. The number of amides is 2. The van der Waals surface area contributed by atoms with Crippen LogP contribution in [0.1, 0.15) is 78.4 Å². The first-order valence-corrected chi connectivity index (χ1v) is 15.7. The third kappa shape index (κ3) is 13.3. The van der Waals surface area contributed by atoms with Gasteiger partial charge < -0.3 is 20.1 Å². The Bertz CT molecular complexity index is 1080. The van der Waals surface area contributed by atoms with Crippen LogP contribution in [0.3, 0.4) is 0 Å². The zero-order valence-electron chi connectivity index (χ0n) is 26.5. The fraction of sp³-hybridized carbons (Fsp3) is 0.515. The van der Waals surface area contributed by atoms with E-state index in [2.05, 4.69) is 52.2 Å². The number of carbonyl (C=O) groups is 2. The van der Waals surface area contributed by atoms with E-state index in [1.54, 1.807) is 0 Å². The van der Waals surface area contributed by atoms with E-state index in [1.807, 2.05) is 60.7 Å². The second-order valence-corrected chi connectivity index (χ2v) is 12.8. The fourth-order valence-electron chi connectivity index (χ4n) is 3.71. The van der Waals surface area contributed by atoms with Crippen LogP contribution in [-0.2, 0) is 22.7 Å². The fourth-order valence-corrected chi connectivity index (χ4v) is 4.19. The van der Waals surface area contributed by atoms with Crippen LogP contribution in [0.15, 0.2) is 60.7 Å². The lowest BCUT2D eigenvalue weighted by atomic mass is 9.86. The van der Waals surface area contributed by atoms with Gasteiger partial charge in [0.25, 0.3) is 0 Å². The highest BCUT2D eigenvalue weighted by atomic mass is 32.1. The Labute approximate surface area is 268 Å². The molecule has 0 saturated carbocycles. The van der Waals surface area contributed by atoms with Crippen molar-refractivity contribution in [2.45, 2.75) is 80.4 Å². The second kappa shape index (κ2) is 17.8. The van der Waals surface area contributed by atoms with E-state index in [-0.39, 0.29) is 40.9 Å². The van der Waals surface area contributed by atoms with Crippen LogP contribution < -0.4 is 10.6 Å². The average Bonchev–Trinajstić information content (AvgIpc) is 3.00. The summed E-state index contributed by atoms with van der Waals surface area (Å²) in [4.78, 5) is 29.1. The molecule has 0 bridgehead atoms. The maximum atomic E-state index is 13.1. The highest BCUT2D eigenvalue weighted by Gasteiger charge is 2.26. The van der Waals surface area contributed by atoms with Crippen LogP contribution in [0.4, 0.5) is 9.59 Å². The molecule has 0 aromatic heterocycles. The van der Waals surface area contributed by atoms with Crippen molar-refractivity contribution in [2.75, 3.05) is 19.8 Å². The highest BCUT2D eigenvalue weighted by Crippen LogP contribution is 2.26. The molecule has 0 aliphatic carbocycles. The van der Waals surface area contributed by atoms with Gasteiger partial charge in [-0.3, -0.25) is 9.80 Å². The summed E-state index contributed by atoms with van der Waals surface area (Å²) in [6.07, 6.45) is 2.35. The van der Waals surface area contributed by atoms with Gasteiger partial charge in [0.15, 0.2) is 10.2 Å². The topological polar surface area (TPSA) is 83.1 Å². The molecule has 0 fully saturated rings. The lowest BCUT2D eigenvalue weighted by Crippen LogP contribution is -2.51. The predicted molar refractivity (Wildman–Crippen MR) is 180 cm³/mol. The summed E-state index contributed by atoms with van der Waals surface area (Å²) in [6.45, 7) is 14.1. The third-order valence-corrected chi connectivity index (χ3v) is 8.49. The minimum absolute atomic E-state index is 0.0280. The summed E-state index contributed by atoms with van der Waals surface area (Å²) in [5.74, 6) is 0. The number of hydrogen-bond acceptors (Lipinski definition) is 6. The number of benzene rings is 2. The Hall–Kier alpha value is -3.24. The minimum Gasteiger partial charge on any atom is -0.444 e. The normalized spacial score (nSPS) is 11.3. The van der Waals surface area contributed by atoms with Crippen LogP contribution in [0.5, 0.6) is 0 Å². The summed E-state index contributed by atoms with van der Waals surface area (Å²) < 4.78 is 11.2. The molecule has 0 aliphatic rings. The van der Waals surface area contributed by atoms with Crippen LogP contribution in [0, 0.1) is 10.8 Å². The van der Waals surface area contributed by atoms with Gasteiger partial charge in [0.2, 0.25) is 0 Å². The molecule has 8 nitrogen and oxygen atoms in total. The number of ether oxygens (including phenoxy) is 2. The molecule has 0 unspecified atom stereocenters. The van der Waals surface area contributed by atoms with Crippen molar-refractivity contribution in [2.24, 2.45) is 10.8 Å². The largest absolute Gasteiger partial charge is 0.444 e. The lowest BCUT2D eigenvalue weighted by Gasteiger charge is -2.30. The molecule has 2 N–H and O–H groups in total. The van der Waals surface area contributed by atoms with E-state index < -0.39 is 12.2 Å². The van der Waals surface area contributed by atoms with Gasteiger partial charge in [0.05, 0.1) is 6.67 Å². The van der Waals surface area contributed by atoms with E-state index in [4.69, 9.17) is 33.9 Å². The van der Waals surface area contributed by atoms with Crippen molar-refractivity contribution in [3.63, 3.8) is 0 Å². The molecule has 2 aromatic rings. The molecule has 43 heavy (non-hydrogen) atoms. The first-order valence-electron chi connectivity index (χ1n) is 14.9. The molecule has 10 heteroatoms. The predicted octanol–water partition coefficient (Wildman–Crippen LogP) is 7.62. The minimum atomic E-state index is -0.524. The van der Waals surface area contributed by atoms with Crippen molar-refractivity contribution < 1.29 is 19.1 Å². The Morgan fingerprint density at radius 3 is 1.35 bits per heavy atom. The van der Waals surface area contributed by atoms with Crippen molar-refractivity contribution in [3.05, 3.63) is 71.8 Å². The Kier molecular flexibility index (Phi) is 14.9. The monoisotopic (exact) mass is 628 g/mol. The summed E-state index contributed by atoms with van der Waals surface area (Å²) in [6, 6.07) is 19.0. The zero-order valence-corrected chi connectivity index (χ0v) is 28.1. The Morgan fingerprint density at radius 1 is 0.674 bits per heavy atom. The standard InChI is InChI=1S/C33H48N4O4S2/c1-7-32(3,4)19-21-36(30(38)40-23-26-15-11-9-12-16-26)28(42)34-25-35-29(43)37(22-20-33(5,6)8-2)31(39)41-24-27-17-13-10-14-18-27/h9-18H,7-8,19-25H2,1-6H3,(H,34,42)(H,35,43). The van der Waals surface area contributed by atoms with Gasteiger partial charge in [0.1, 0.15) is 13.2 Å². The van der Waals surface area contributed by atoms with Crippen LogP contribution >= 0.6 is 24.4 Å². The van der Waals surface area contributed by atoms with Gasteiger partial charge in [-0.25, -0.2) is 9.59 Å². The van der Waals surface area contributed by atoms with E-state index in [9.17, 15) is 9.59 Å². The summed E-state index contributed by atoms with van der Waals surface area (Å²) in [5, 5.41) is 6.55. The third-order valence-electron chi connectivity index (χ3n) is 7.76. The SMILES string of the molecule is CCC(C)(C)CCN(C(=O)OCc1ccccc1)C(=S)NCNC(=S)N(CCC(C)(C)CC)C(=O)OCc1ccccc1. The van der Waals surface area contributed by atoms with Crippen LogP contribution in [0.2, 0.25) is 0 Å². The average molecular weight is 629 g/mol. The molecule has 236 valence electrons. The molecule has 0 saturated heterocycles.